The first-order chi connectivity index (χ1) is 8.88. The molecular weight excluding hydrogens is 260 g/mol. The number of rotatable bonds is 7. The average Bonchev–Trinajstić information content (AvgIpc) is 2.37. The molecule has 0 aromatic rings. The van der Waals surface area contributed by atoms with Crippen molar-refractivity contribution in [2.45, 2.75) is 52.6 Å². The van der Waals surface area contributed by atoms with Gasteiger partial charge in [-0.1, -0.05) is 27.7 Å². The third kappa shape index (κ3) is 5.79. The molecule has 1 aliphatic heterocycles. The van der Waals surface area contributed by atoms with Gasteiger partial charge < -0.3 is 5.32 Å². The van der Waals surface area contributed by atoms with Crippen LogP contribution in [0.15, 0.2) is 0 Å². The molecule has 19 heavy (non-hydrogen) atoms. The second kappa shape index (κ2) is 7.60. The minimum atomic E-state index is -2.86. The summed E-state index contributed by atoms with van der Waals surface area (Å²) < 4.78 is 23.4. The summed E-state index contributed by atoms with van der Waals surface area (Å²) in [5.74, 6) is 1.20. The first-order valence-corrected chi connectivity index (χ1v) is 9.38. The van der Waals surface area contributed by atoms with Gasteiger partial charge in [0.2, 0.25) is 0 Å². The number of hydrogen-bond acceptors (Lipinski definition) is 4. The molecule has 1 rings (SSSR count). The van der Waals surface area contributed by atoms with Gasteiger partial charge in [-0.05, 0) is 18.8 Å². The van der Waals surface area contributed by atoms with Crippen LogP contribution in [0.4, 0.5) is 0 Å². The number of sulfone groups is 1. The number of nitrogens with one attached hydrogen (secondary N) is 1. The Hall–Kier alpha value is -0.130. The van der Waals surface area contributed by atoms with E-state index in [1.165, 1.54) is 0 Å². The highest BCUT2D eigenvalue weighted by molar-refractivity contribution is 7.91. The smallest absolute Gasteiger partial charge is 0.151 e. The summed E-state index contributed by atoms with van der Waals surface area (Å²) in [6.45, 7) is 11.0. The van der Waals surface area contributed by atoms with Gasteiger partial charge in [-0.15, -0.1) is 0 Å². The van der Waals surface area contributed by atoms with Crippen molar-refractivity contribution in [3.63, 3.8) is 0 Å². The van der Waals surface area contributed by atoms with Gasteiger partial charge in [-0.2, -0.15) is 0 Å². The lowest BCUT2D eigenvalue weighted by molar-refractivity contribution is 0.120. The molecule has 1 N–H and O–H groups in total. The predicted octanol–water partition coefficient (Wildman–Crippen LogP) is 1.52. The van der Waals surface area contributed by atoms with Gasteiger partial charge in [0.25, 0.3) is 0 Å². The minimum absolute atomic E-state index is 0.255. The van der Waals surface area contributed by atoms with E-state index < -0.39 is 9.84 Å². The molecule has 0 amide bonds. The second-order valence-electron chi connectivity index (χ2n) is 6.03. The van der Waals surface area contributed by atoms with Crippen LogP contribution in [0.5, 0.6) is 0 Å². The largest absolute Gasteiger partial charge is 0.311 e. The van der Waals surface area contributed by atoms with Crippen LogP contribution in [0.3, 0.4) is 0 Å². The topological polar surface area (TPSA) is 49.4 Å². The Morgan fingerprint density at radius 3 is 2.53 bits per heavy atom. The van der Waals surface area contributed by atoms with Gasteiger partial charge in [0.15, 0.2) is 9.84 Å². The Morgan fingerprint density at radius 2 is 2.00 bits per heavy atom. The quantitative estimate of drug-likeness (QED) is 0.772. The van der Waals surface area contributed by atoms with Crippen LogP contribution in [-0.4, -0.2) is 56.5 Å². The van der Waals surface area contributed by atoms with E-state index in [1.807, 2.05) is 0 Å². The lowest BCUT2D eigenvalue weighted by atomic mass is 9.98. The summed E-state index contributed by atoms with van der Waals surface area (Å²) in [7, 11) is -2.86. The van der Waals surface area contributed by atoms with Crippen LogP contribution in [0.25, 0.3) is 0 Å². The van der Waals surface area contributed by atoms with E-state index in [0.717, 1.165) is 25.9 Å². The molecular formula is C14H30N2O2S. The molecule has 0 spiro atoms. The second-order valence-corrected chi connectivity index (χ2v) is 8.50. The van der Waals surface area contributed by atoms with E-state index in [4.69, 9.17) is 0 Å². The van der Waals surface area contributed by atoms with Crippen LogP contribution >= 0.6 is 0 Å². The van der Waals surface area contributed by atoms with Crippen molar-refractivity contribution in [3.8, 4) is 0 Å². The third-order valence-corrected chi connectivity index (χ3v) is 5.66. The van der Waals surface area contributed by atoms with Crippen molar-refractivity contribution >= 4 is 9.84 Å². The summed E-state index contributed by atoms with van der Waals surface area (Å²) in [4.78, 5) is 2.39. The highest BCUT2D eigenvalue weighted by Gasteiger charge is 2.28. The Morgan fingerprint density at radius 1 is 1.32 bits per heavy atom. The molecule has 0 aromatic heterocycles. The highest BCUT2D eigenvalue weighted by Crippen LogP contribution is 2.16. The van der Waals surface area contributed by atoms with E-state index in [0.29, 0.717) is 30.3 Å². The predicted molar refractivity (Wildman–Crippen MR) is 81.2 cm³/mol. The maximum atomic E-state index is 11.7. The Kier molecular flexibility index (Phi) is 6.77. The maximum absolute atomic E-state index is 11.7. The zero-order chi connectivity index (χ0) is 14.5. The van der Waals surface area contributed by atoms with E-state index in [9.17, 15) is 8.42 Å². The standard InChI is InChI=1S/C14H30N2O2S/c1-5-13-11-16(7-8-19(17,18)6-2)14(10-15-13)9-12(3)4/h12-15H,5-11H2,1-4H3. The first kappa shape index (κ1) is 16.9. The Bertz CT molecular complexity index is 354. The third-order valence-electron chi connectivity index (χ3n) is 3.98. The van der Waals surface area contributed by atoms with Crippen molar-refractivity contribution in [2.24, 2.45) is 5.92 Å². The van der Waals surface area contributed by atoms with Crippen molar-refractivity contribution in [1.82, 2.24) is 10.2 Å². The van der Waals surface area contributed by atoms with E-state index in [1.54, 1.807) is 6.92 Å². The molecule has 1 fully saturated rings. The van der Waals surface area contributed by atoms with Gasteiger partial charge >= 0.3 is 0 Å². The normalized spacial score (nSPS) is 25.9. The van der Waals surface area contributed by atoms with Crippen LogP contribution in [0.1, 0.15) is 40.5 Å². The van der Waals surface area contributed by atoms with Gasteiger partial charge in [0.05, 0.1) is 5.75 Å². The number of nitrogens with zero attached hydrogens (tertiary/aromatic N) is 1. The lowest BCUT2D eigenvalue weighted by Crippen LogP contribution is -2.57. The average molecular weight is 290 g/mol. The molecule has 0 aromatic carbocycles. The Labute approximate surface area is 118 Å². The van der Waals surface area contributed by atoms with Crippen LogP contribution in [-0.2, 0) is 9.84 Å². The summed E-state index contributed by atoms with van der Waals surface area (Å²) in [5, 5.41) is 3.57. The van der Waals surface area contributed by atoms with E-state index in [-0.39, 0.29) is 5.75 Å². The van der Waals surface area contributed by atoms with Crippen LogP contribution < -0.4 is 5.32 Å². The zero-order valence-corrected chi connectivity index (χ0v) is 13.7. The van der Waals surface area contributed by atoms with Gasteiger partial charge in [0, 0.05) is 37.5 Å². The number of hydrogen-bond donors (Lipinski definition) is 1. The fourth-order valence-corrected chi connectivity index (χ4v) is 3.45. The molecule has 1 heterocycles. The molecule has 1 aliphatic rings. The van der Waals surface area contributed by atoms with Crippen molar-refractivity contribution in [3.05, 3.63) is 0 Å². The first-order valence-electron chi connectivity index (χ1n) is 7.55. The summed E-state index contributed by atoms with van der Waals surface area (Å²) in [6, 6.07) is 0.989. The van der Waals surface area contributed by atoms with E-state index in [2.05, 4.69) is 31.0 Å². The summed E-state index contributed by atoms with van der Waals surface area (Å²) in [6.07, 6.45) is 2.24. The van der Waals surface area contributed by atoms with Crippen molar-refractivity contribution in [1.29, 1.82) is 0 Å². The molecule has 0 saturated carbocycles. The van der Waals surface area contributed by atoms with Crippen LogP contribution in [0.2, 0.25) is 0 Å². The van der Waals surface area contributed by atoms with Gasteiger partial charge in [-0.25, -0.2) is 8.42 Å². The lowest BCUT2D eigenvalue weighted by Gasteiger charge is -2.41. The molecule has 2 unspecified atom stereocenters. The molecule has 5 heteroatoms. The molecule has 2 atom stereocenters. The molecule has 4 nitrogen and oxygen atoms in total. The van der Waals surface area contributed by atoms with Crippen LogP contribution in [0, 0.1) is 5.92 Å². The zero-order valence-electron chi connectivity index (χ0n) is 12.9. The molecule has 114 valence electrons. The van der Waals surface area contributed by atoms with Crippen molar-refractivity contribution in [2.75, 3.05) is 31.1 Å². The fraction of sp³-hybridized carbons (Fsp3) is 1.00. The SMILES string of the molecule is CCC1CN(CCS(=O)(=O)CC)C(CC(C)C)CN1. The summed E-state index contributed by atoms with van der Waals surface area (Å²) in [5.41, 5.74) is 0. The number of piperazine rings is 1. The molecule has 1 saturated heterocycles. The van der Waals surface area contributed by atoms with Gasteiger partial charge in [-0.3, -0.25) is 4.90 Å². The molecule has 0 radical (unpaired) electrons. The maximum Gasteiger partial charge on any atom is 0.151 e. The van der Waals surface area contributed by atoms with Gasteiger partial charge in [0.1, 0.15) is 0 Å². The highest BCUT2D eigenvalue weighted by atomic mass is 32.2. The molecule has 0 bridgehead atoms. The summed E-state index contributed by atoms with van der Waals surface area (Å²) >= 11 is 0. The molecule has 0 aliphatic carbocycles. The van der Waals surface area contributed by atoms with Crippen molar-refractivity contribution < 1.29 is 8.42 Å². The minimum Gasteiger partial charge on any atom is -0.311 e. The monoisotopic (exact) mass is 290 g/mol. The Balaban J connectivity index is 2.60. The fourth-order valence-electron chi connectivity index (χ4n) is 2.65. The van der Waals surface area contributed by atoms with E-state index >= 15 is 0 Å².